The Bertz CT molecular complexity index is 426. The fourth-order valence-corrected chi connectivity index (χ4v) is 1.83. The molecule has 5 heteroatoms. The number of hydrogen-bond acceptors (Lipinski definition) is 5. The molecule has 0 bridgehead atoms. The highest BCUT2D eigenvalue weighted by atomic mass is 16.3. The van der Waals surface area contributed by atoms with Crippen LogP contribution in [-0.2, 0) is 0 Å². The van der Waals surface area contributed by atoms with Gasteiger partial charge in [0, 0.05) is 18.7 Å². The van der Waals surface area contributed by atoms with Gasteiger partial charge in [-0.1, -0.05) is 0 Å². The highest BCUT2D eigenvalue weighted by Gasteiger charge is 2.10. The molecule has 1 heterocycles. The van der Waals surface area contributed by atoms with Crippen molar-refractivity contribution in [3.05, 3.63) is 17.7 Å². The van der Waals surface area contributed by atoms with Crippen molar-refractivity contribution in [2.75, 3.05) is 13.1 Å². The molecule has 1 aliphatic heterocycles. The highest BCUT2D eigenvalue weighted by molar-refractivity contribution is 5.85. The van der Waals surface area contributed by atoms with E-state index in [2.05, 4.69) is 5.10 Å². The van der Waals surface area contributed by atoms with Gasteiger partial charge in [-0.2, -0.15) is 5.10 Å². The van der Waals surface area contributed by atoms with E-state index in [0.717, 1.165) is 25.9 Å². The summed E-state index contributed by atoms with van der Waals surface area (Å²) in [6.45, 7) is 1.84. The van der Waals surface area contributed by atoms with Gasteiger partial charge in [-0.25, -0.2) is 0 Å². The minimum atomic E-state index is -0.507. The van der Waals surface area contributed by atoms with Crippen molar-refractivity contribution in [2.45, 2.75) is 19.3 Å². The first-order valence-corrected chi connectivity index (χ1v) is 5.71. The smallest absolute Gasteiger partial charge is 0.200 e. The largest absolute Gasteiger partial charge is 0.504 e. The number of phenols is 3. The lowest BCUT2D eigenvalue weighted by Crippen LogP contribution is -2.24. The predicted octanol–water partition coefficient (Wildman–Crippen LogP) is 1.62. The number of benzene rings is 1. The molecule has 92 valence electrons. The summed E-state index contributed by atoms with van der Waals surface area (Å²) < 4.78 is 0. The van der Waals surface area contributed by atoms with Crippen LogP contribution < -0.4 is 0 Å². The fourth-order valence-electron chi connectivity index (χ4n) is 1.83. The van der Waals surface area contributed by atoms with Crippen LogP contribution in [0.4, 0.5) is 0 Å². The van der Waals surface area contributed by atoms with Crippen LogP contribution in [-0.4, -0.2) is 39.6 Å². The van der Waals surface area contributed by atoms with Gasteiger partial charge in [0.25, 0.3) is 0 Å². The van der Waals surface area contributed by atoms with E-state index in [-0.39, 0.29) is 11.5 Å². The van der Waals surface area contributed by atoms with Gasteiger partial charge in [-0.3, -0.25) is 5.01 Å². The number of phenolic OH excluding ortho intramolecular Hbond substituents is 3. The Morgan fingerprint density at radius 3 is 2.41 bits per heavy atom. The van der Waals surface area contributed by atoms with E-state index in [4.69, 9.17) is 0 Å². The number of nitrogens with zero attached hydrogens (tertiary/aromatic N) is 2. The summed E-state index contributed by atoms with van der Waals surface area (Å²) >= 11 is 0. The number of aromatic hydroxyl groups is 3. The summed E-state index contributed by atoms with van der Waals surface area (Å²) in [5, 5.41) is 34.3. The Morgan fingerprint density at radius 1 is 1.00 bits per heavy atom. The average Bonchev–Trinajstić information content (AvgIpc) is 2.36. The molecular weight excluding hydrogens is 220 g/mol. The van der Waals surface area contributed by atoms with Crippen molar-refractivity contribution in [2.24, 2.45) is 5.10 Å². The fraction of sp³-hybridized carbons (Fsp3) is 0.417. The third-order valence-electron chi connectivity index (χ3n) is 2.85. The van der Waals surface area contributed by atoms with Crippen molar-refractivity contribution in [1.29, 1.82) is 0 Å². The first-order chi connectivity index (χ1) is 8.18. The molecular formula is C12H16N2O3. The Morgan fingerprint density at radius 2 is 1.71 bits per heavy atom. The van der Waals surface area contributed by atoms with Crippen molar-refractivity contribution in [1.82, 2.24) is 5.01 Å². The molecule has 0 saturated carbocycles. The normalized spacial score (nSPS) is 16.6. The number of hydrogen-bond donors (Lipinski definition) is 3. The van der Waals surface area contributed by atoms with Crippen LogP contribution in [0.25, 0.3) is 0 Å². The molecule has 0 atom stereocenters. The molecule has 0 radical (unpaired) electrons. The lowest BCUT2D eigenvalue weighted by atomic mass is 10.2. The minimum Gasteiger partial charge on any atom is -0.504 e. The molecule has 0 unspecified atom stereocenters. The molecule has 0 aromatic heterocycles. The summed E-state index contributed by atoms with van der Waals surface area (Å²) in [5.74, 6) is -1.18. The van der Waals surface area contributed by atoms with E-state index in [1.807, 2.05) is 5.01 Å². The maximum absolute atomic E-state index is 9.59. The Kier molecular flexibility index (Phi) is 3.37. The molecule has 0 spiro atoms. The third kappa shape index (κ3) is 2.61. The van der Waals surface area contributed by atoms with Crippen LogP contribution in [0.5, 0.6) is 17.2 Å². The Labute approximate surface area is 99.6 Å². The van der Waals surface area contributed by atoms with Gasteiger partial charge in [0.1, 0.15) is 0 Å². The van der Waals surface area contributed by atoms with Gasteiger partial charge in [-0.05, 0) is 31.4 Å². The van der Waals surface area contributed by atoms with Crippen LogP contribution in [0.2, 0.25) is 0 Å². The SMILES string of the molecule is Oc1ccc(/C=N/N2CCCCC2)c(O)c1O. The summed E-state index contributed by atoms with van der Waals surface area (Å²) in [7, 11) is 0. The third-order valence-corrected chi connectivity index (χ3v) is 2.85. The van der Waals surface area contributed by atoms with E-state index in [1.54, 1.807) is 0 Å². The second kappa shape index (κ2) is 4.95. The van der Waals surface area contributed by atoms with Gasteiger partial charge < -0.3 is 15.3 Å². The lowest BCUT2D eigenvalue weighted by Gasteiger charge is -2.23. The monoisotopic (exact) mass is 236 g/mol. The van der Waals surface area contributed by atoms with E-state index in [1.165, 1.54) is 24.8 Å². The van der Waals surface area contributed by atoms with Crippen LogP contribution in [0.15, 0.2) is 17.2 Å². The highest BCUT2D eigenvalue weighted by Crippen LogP contribution is 2.36. The molecule has 1 aromatic rings. The Hall–Kier alpha value is -1.91. The van der Waals surface area contributed by atoms with Crippen LogP contribution >= 0.6 is 0 Å². The molecule has 0 aliphatic carbocycles. The number of rotatable bonds is 2. The second-order valence-corrected chi connectivity index (χ2v) is 4.13. The van der Waals surface area contributed by atoms with Crippen molar-refractivity contribution in [3.8, 4) is 17.2 Å². The van der Waals surface area contributed by atoms with Gasteiger partial charge in [0.05, 0.1) is 6.21 Å². The van der Waals surface area contributed by atoms with Crippen LogP contribution in [0.3, 0.4) is 0 Å². The quantitative estimate of drug-likeness (QED) is 0.538. The predicted molar refractivity (Wildman–Crippen MR) is 64.5 cm³/mol. The molecule has 1 aliphatic rings. The van der Waals surface area contributed by atoms with Gasteiger partial charge in [0.2, 0.25) is 5.75 Å². The molecule has 1 aromatic carbocycles. The first kappa shape index (κ1) is 11.6. The maximum Gasteiger partial charge on any atom is 0.200 e. The molecule has 17 heavy (non-hydrogen) atoms. The molecule has 3 N–H and O–H groups in total. The topological polar surface area (TPSA) is 76.3 Å². The zero-order valence-electron chi connectivity index (χ0n) is 9.50. The molecule has 1 fully saturated rings. The summed E-state index contributed by atoms with van der Waals surface area (Å²) in [4.78, 5) is 0. The lowest BCUT2D eigenvalue weighted by molar-refractivity contribution is 0.240. The number of hydrazone groups is 1. The average molecular weight is 236 g/mol. The van der Waals surface area contributed by atoms with Crippen LogP contribution in [0.1, 0.15) is 24.8 Å². The zero-order chi connectivity index (χ0) is 12.3. The first-order valence-electron chi connectivity index (χ1n) is 5.71. The van der Waals surface area contributed by atoms with Gasteiger partial charge >= 0.3 is 0 Å². The summed E-state index contributed by atoms with van der Waals surface area (Å²) in [6, 6.07) is 2.84. The van der Waals surface area contributed by atoms with Crippen molar-refractivity contribution >= 4 is 6.21 Å². The van der Waals surface area contributed by atoms with E-state index in [9.17, 15) is 15.3 Å². The van der Waals surface area contributed by atoms with Gasteiger partial charge in [0.15, 0.2) is 11.5 Å². The van der Waals surface area contributed by atoms with E-state index >= 15 is 0 Å². The van der Waals surface area contributed by atoms with Crippen molar-refractivity contribution in [3.63, 3.8) is 0 Å². The van der Waals surface area contributed by atoms with Gasteiger partial charge in [-0.15, -0.1) is 0 Å². The van der Waals surface area contributed by atoms with E-state index in [0.29, 0.717) is 5.56 Å². The Balaban J connectivity index is 2.12. The summed E-state index contributed by atoms with van der Waals surface area (Å²) in [5.41, 5.74) is 0.394. The summed E-state index contributed by atoms with van der Waals surface area (Å²) in [6.07, 6.45) is 4.99. The van der Waals surface area contributed by atoms with Crippen LogP contribution in [0, 0.1) is 0 Å². The second-order valence-electron chi connectivity index (χ2n) is 4.13. The number of piperidine rings is 1. The maximum atomic E-state index is 9.59. The van der Waals surface area contributed by atoms with E-state index < -0.39 is 5.75 Å². The standard InChI is InChI=1S/C12H16N2O3/c15-10-5-4-9(11(16)12(10)17)8-13-14-6-2-1-3-7-14/h4-5,8,15-17H,1-3,6-7H2/b13-8+. The van der Waals surface area contributed by atoms with Crippen molar-refractivity contribution < 1.29 is 15.3 Å². The minimum absolute atomic E-state index is 0.336. The molecule has 5 nitrogen and oxygen atoms in total. The molecule has 1 saturated heterocycles. The zero-order valence-corrected chi connectivity index (χ0v) is 9.50. The molecule has 0 amide bonds. The molecule has 2 rings (SSSR count).